The molecular formula is C33H38N6O5. The van der Waals surface area contributed by atoms with Gasteiger partial charge in [0.05, 0.1) is 40.8 Å². The number of pyridine rings is 1. The van der Waals surface area contributed by atoms with E-state index in [1.165, 1.54) is 4.68 Å². The Kier molecular flexibility index (Phi) is 8.31. The molecule has 3 heterocycles. The summed E-state index contributed by atoms with van der Waals surface area (Å²) in [4.78, 5) is 34.3. The van der Waals surface area contributed by atoms with Crippen LogP contribution in [0.2, 0.25) is 0 Å². The number of nitrogens with zero attached hydrogens (tertiary/aromatic N) is 5. The van der Waals surface area contributed by atoms with E-state index >= 15 is 0 Å². The molecule has 0 aliphatic rings. The number of para-hydroxylation sites is 2. The van der Waals surface area contributed by atoms with Crippen molar-refractivity contribution in [1.29, 1.82) is 0 Å². The Bertz CT molecular complexity index is 1810. The van der Waals surface area contributed by atoms with Crippen LogP contribution in [0.4, 0.5) is 9.59 Å². The summed E-state index contributed by atoms with van der Waals surface area (Å²) in [7, 11) is 0. The number of fused-ring (bicyclic) bond motifs is 2. The van der Waals surface area contributed by atoms with Crippen molar-refractivity contribution in [3.8, 4) is 16.9 Å². The molecule has 1 N–H and O–H groups in total. The third-order valence-electron chi connectivity index (χ3n) is 6.59. The Morgan fingerprint density at radius 1 is 0.909 bits per heavy atom. The Morgan fingerprint density at radius 3 is 2.41 bits per heavy atom. The van der Waals surface area contributed by atoms with Crippen LogP contribution in [0, 0.1) is 6.92 Å². The van der Waals surface area contributed by atoms with Crippen LogP contribution in [0.3, 0.4) is 0 Å². The molecule has 1 unspecified atom stereocenters. The third kappa shape index (κ3) is 7.34. The van der Waals surface area contributed by atoms with E-state index in [4.69, 9.17) is 14.2 Å². The second kappa shape index (κ2) is 12.0. The number of benzene rings is 2. The van der Waals surface area contributed by atoms with Crippen molar-refractivity contribution in [3.05, 3.63) is 72.9 Å². The predicted octanol–water partition coefficient (Wildman–Crippen LogP) is 6.51. The van der Waals surface area contributed by atoms with E-state index in [2.05, 4.69) is 20.4 Å². The molecule has 3 aromatic heterocycles. The number of carbonyl (C=O) groups is 2. The van der Waals surface area contributed by atoms with Crippen LogP contribution in [0.15, 0.2) is 67.3 Å². The number of hydrogen-bond donors (Lipinski definition) is 1. The normalized spacial score (nSPS) is 12.7. The molecule has 0 saturated heterocycles. The maximum absolute atomic E-state index is 12.7. The average Bonchev–Trinajstić information content (AvgIpc) is 3.50. The first-order chi connectivity index (χ1) is 20.8. The van der Waals surface area contributed by atoms with Crippen LogP contribution in [0.25, 0.3) is 33.1 Å². The van der Waals surface area contributed by atoms with Crippen LogP contribution in [-0.4, -0.2) is 60.4 Å². The molecule has 0 fully saturated rings. The minimum absolute atomic E-state index is 0.164. The summed E-state index contributed by atoms with van der Waals surface area (Å²) >= 11 is 0. The molecule has 2 aromatic carbocycles. The Hall–Kier alpha value is -4.93. The summed E-state index contributed by atoms with van der Waals surface area (Å²) in [5.74, 6) is 0.537. The molecule has 44 heavy (non-hydrogen) atoms. The van der Waals surface area contributed by atoms with Gasteiger partial charge in [-0.15, -0.1) is 0 Å². The Labute approximate surface area is 256 Å². The lowest BCUT2D eigenvalue weighted by molar-refractivity contribution is 0.0478. The number of amides is 1. The van der Waals surface area contributed by atoms with Crippen molar-refractivity contribution >= 4 is 34.1 Å². The van der Waals surface area contributed by atoms with Crippen molar-refractivity contribution in [2.75, 3.05) is 6.61 Å². The van der Waals surface area contributed by atoms with E-state index in [0.717, 1.165) is 27.5 Å². The lowest BCUT2D eigenvalue weighted by Crippen LogP contribution is -2.44. The highest BCUT2D eigenvalue weighted by Crippen LogP contribution is 2.28. The van der Waals surface area contributed by atoms with Gasteiger partial charge in [-0.2, -0.15) is 9.78 Å². The van der Waals surface area contributed by atoms with Gasteiger partial charge in [0.1, 0.15) is 23.6 Å². The monoisotopic (exact) mass is 598 g/mol. The second-order valence-electron chi connectivity index (χ2n) is 12.7. The molecule has 0 radical (unpaired) electrons. The number of aromatic nitrogens is 5. The summed E-state index contributed by atoms with van der Waals surface area (Å²) in [5.41, 5.74) is 3.61. The highest BCUT2D eigenvalue weighted by atomic mass is 16.6. The summed E-state index contributed by atoms with van der Waals surface area (Å²) in [5, 5.41) is 8.19. The summed E-state index contributed by atoms with van der Waals surface area (Å²) in [6.07, 6.45) is 4.07. The van der Waals surface area contributed by atoms with Gasteiger partial charge in [-0.3, -0.25) is 4.98 Å². The van der Waals surface area contributed by atoms with Crippen LogP contribution in [0.1, 0.15) is 47.2 Å². The van der Waals surface area contributed by atoms with Gasteiger partial charge >= 0.3 is 12.2 Å². The Morgan fingerprint density at radius 2 is 1.66 bits per heavy atom. The van der Waals surface area contributed by atoms with E-state index in [1.54, 1.807) is 18.7 Å². The minimum atomic E-state index is -0.641. The number of carbonyl (C=O) groups excluding carboxylic acids is 2. The number of hydrogen-bond acceptors (Lipinski definition) is 8. The zero-order chi connectivity index (χ0) is 31.6. The van der Waals surface area contributed by atoms with E-state index < -0.39 is 29.4 Å². The van der Waals surface area contributed by atoms with E-state index in [0.29, 0.717) is 23.5 Å². The van der Waals surface area contributed by atoms with Gasteiger partial charge in [-0.05, 0) is 84.4 Å². The molecule has 5 aromatic rings. The van der Waals surface area contributed by atoms with Crippen molar-refractivity contribution in [1.82, 2.24) is 29.6 Å². The van der Waals surface area contributed by atoms with Gasteiger partial charge < -0.3 is 24.1 Å². The zero-order valence-electron chi connectivity index (χ0n) is 26.1. The predicted molar refractivity (Wildman–Crippen MR) is 168 cm³/mol. The molecular weight excluding hydrogens is 560 g/mol. The zero-order valence-corrected chi connectivity index (χ0v) is 26.1. The van der Waals surface area contributed by atoms with E-state index in [1.807, 2.05) is 102 Å². The molecule has 0 aliphatic heterocycles. The fourth-order valence-corrected chi connectivity index (χ4v) is 4.75. The van der Waals surface area contributed by atoms with Crippen molar-refractivity contribution in [2.24, 2.45) is 0 Å². The van der Waals surface area contributed by atoms with Crippen LogP contribution in [0.5, 0.6) is 5.75 Å². The standard InChI is InChI=1S/C33H38N6O5/c1-21-26-15-22(12-13-28(26)39(37-21)31(41)44-33(5,6)7)23-14-25(17-34-16-23)42-19-24(36-30(40)43-32(2,3)4)18-38-20-35-27-10-8-9-11-29(27)38/h8-17,20,24H,18-19H2,1-7H3,(H,36,40). The minimum Gasteiger partial charge on any atom is -0.490 e. The molecule has 0 spiro atoms. The maximum Gasteiger partial charge on any atom is 0.435 e. The lowest BCUT2D eigenvalue weighted by Gasteiger charge is -2.24. The van der Waals surface area contributed by atoms with E-state index in [-0.39, 0.29) is 6.61 Å². The number of alkyl carbamates (subject to hydrolysis) is 1. The number of nitrogens with one attached hydrogen (secondary N) is 1. The van der Waals surface area contributed by atoms with Gasteiger partial charge in [0.15, 0.2) is 0 Å². The molecule has 0 saturated carbocycles. The van der Waals surface area contributed by atoms with Gasteiger partial charge in [0.25, 0.3) is 0 Å². The highest BCUT2D eigenvalue weighted by molar-refractivity contribution is 5.92. The van der Waals surface area contributed by atoms with Crippen LogP contribution in [-0.2, 0) is 16.0 Å². The number of ether oxygens (including phenoxy) is 3. The maximum atomic E-state index is 12.7. The van der Waals surface area contributed by atoms with Crippen LogP contribution >= 0.6 is 0 Å². The molecule has 5 rings (SSSR count). The fourth-order valence-electron chi connectivity index (χ4n) is 4.75. The van der Waals surface area contributed by atoms with Crippen LogP contribution < -0.4 is 10.1 Å². The molecule has 11 nitrogen and oxygen atoms in total. The van der Waals surface area contributed by atoms with Gasteiger partial charge in [0, 0.05) is 23.7 Å². The third-order valence-corrected chi connectivity index (χ3v) is 6.59. The molecule has 0 bridgehead atoms. The van der Waals surface area contributed by atoms with E-state index in [9.17, 15) is 9.59 Å². The first-order valence-corrected chi connectivity index (χ1v) is 14.5. The molecule has 1 amide bonds. The topological polar surface area (TPSA) is 122 Å². The molecule has 0 aliphatic carbocycles. The summed E-state index contributed by atoms with van der Waals surface area (Å²) in [6.45, 7) is 13.4. The number of aryl methyl sites for hydroxylation is 1. The summed E-state index contributed by atoms with van der Waals surface area (Å²) in [6, 6.07) is 15.0. The van der Waals surface area contributed by atoms with Crippen molar-refractivity contribution in [3.63, 3.8) is 0 Å². The highest BCUT2D eigenvalue weighted by Gasteiger charge is 2.23. The Balaban J connectivity index is 1.35. The number of imidazole rings is 1. The van der Waals surface area contributed by atoms with Gasteiger partial charge in [-0.1, -0.05) is 18.2 Å². The van der Waals surface area contributed by atoms with Crippen molar-refractivity contribution < 1.29 is 23.8 Å². The molecule has 11 heteroatoms. The molecule has 1 atom stereocenters. The quantitative estimate of drug-likeness (QED) is 0.225. The first kappa shape index (κ1) is 30.5. The summed E-state index contributed by atoms with van der Waals surface area (Å²) < 4.78 is 20.5. The SMILES string of the molecule is Cc1nn(C(=O)OC(C)(C)C)c2ccc(-c3cncc(OCC(Cn4cnc5ccccc54)NC(=O)OC(C)(C)C)c3)cc12. The number of rotatable bonds is 7. The fraction of sp³-hybridized carbons (Fsp3) is 0.364. The smallest absolute Gasteiger partial charge is 0.435 e. The average molecular weight is 599 g/mol. The lowest BCUT2D eigenvalue weighted by atomic mass is 10.0. The van der Waals surface area contributed by atoms with Gasteiger partial charge in [-0.25, -0.2) is 14.6 Å². The largest absolute Gasteiger partial charge is 0.490 e. The second-order valence-corrected chi connectivity index (χ2v) is 12.7. The van der Waals surface area contributed by atoms with Gasteiger partial charge in [0.2, 0.25) is 0 Å². The first-order valence-electron chi connectivity index (χ1n) is 14.5. The molecule has 230 valence electrons. The van der Waals surface area contributed by atoms with Crippen molar-refractivity contribution in [2.45, 2.75) is 72.3 Å².